The predicted octanol–water partition coefficient (Wildman–Crippen LogP) is 1.90. The van der Waals surface area contributed by atoms with E-state index in [1.807, 2.05) is 30.3 Å². The van der Waals surface area contributed by atoms with Crippen molar-refractivity contribution in [1.82, 2.24) is 15.1 Å². The lowest BCUT2D eigenvalue weighted by Crippen LogP contribution is -2.54. The van der Waals surface area contributed by atoms with Crippen LogP contribution in [0.3, 0.4) is 0 Å². The summed E-state index contributed by atoms with van der Waals surface area (Å²) in [5.74, 6) is -1.36. The van der Waals surface area contributed by atoms with Gasteiger partial charge in [0.05, 0.1) is 17.7 Å². The standard InChI is InChI=1S/C26H29N3O5/c1-34-16-13-27-23(30)19-11-14-28(15-12-19)26(33)22(17-18-7-3-2-4-8-18)29-24(31)20-9-5-6-10-21(20)25(29)32/h2-10,19,22H,11-17H2,1H3,(H,27,30). The topological polar surface area (TPSA) is 96.0 Å². The number of imide groups is 1. The molecule has 2 aromatic carbocycles. The molecule has 2 heterocycles. The van der Waals surface area contributed by atoms with E-state index in [4.69, 9.17) is 4.74 Å². The van der Waals surface area contributed by atoms with Crippen LogP contribution in [0.2, 0.25) is 0 Å². The quantitative estimate of drug-likeness (QED) is 0.477. The van der Waals surface area contributed by atoms with Gasteiger partial charge in [-0.25, -0.2) is 0 Å². The Morgan fingerprint density at radius 2 is 1.56 bits per heavy atom. The number of piperidine rings is 1. The van der Waals surface area contributed by atoms with E-state index in [9.17, 15) is 19.2 Å². The second-order valence-corrected chi connectivity index (χ2v) is 8.61. The summed E-state index contributed by atoms with van der Waals surface area (Å²) >= 11 is 0. The Labute approximate surface area is 198 Å². The molecule has 34 heavy (non-hydrogen) atoms. The molecule has 0 radical (unpaired) electrons. The minimum Gasteiger partial charge on any atom is -0.383 e. The summed E-state index contributed by atoms with van der Waals surface area (Å²) in [6.07, 6.45) is 1.30. The molecule has 0 aromatic heterocycles. The fraction of sp³-hybridized carbons (Fsp3) is 0.385. The number of nitrogens with zero attached hydrogens (tertiary/aromatic N) is 2. The molecule has 4 amide bonds. The molecule has 1 atom stereocenters. The Kier molecular flexibility index (Phi) is 7.37. The molecule has 2 aliphatic rings. The number of likely N-dealkylation sites (tertiary alicyclic amines) is 1. The van der Waals surface area contributed by atoms with Crippen molar-refractivity contribution in [3.05, 3.63) is 71.3 Å². The first-order chi connectivity index (χ1) is 16.5. The Morgan fingerprint density at radius 3 is 2.15 bits per heavy atom. The molecule has 1 saturated heterocycles. The maximum absolute atomic E-state index is 13.7. The van der Waals surface area contributed by atoms with Crippen molar-refractivity contribution < 1.29 is 23.9 Å². The van der Waals surface area contributed by atoms with Crippen molar-refractivity contribution >= 4 is 23.6 Å². The van der Waals surface area contributed by atoms with Crippen LogP contribution in [-0.2, 0) is 20.7 Å². The Balaban J connectivity index is 1.50. The van der Waals surface area contributed by atoms with Gasteiger partial charge in [-0.2, -0.15) is 0 Å². The summed E-state index contributed by atoms with van der Waals surface area (Å²) in [5.41, 5.74) is 1.51. The van der Waals surface area contributed by atoms with Gasteiger partial charge in [0.25, 0.3) is 11.8 Å². The van der Waals surface area contributed by atoms with E-state index in [2.05, 4.69) is 5.32 Å². The molecular weight excluding hydrogens is 434 g/mol. The average molecular weight is 464 g/mol. The number of carbonyl (C=O) groups excluding carboxylic acids is 4. The van der Waals surface area contributed by atoms with Gasteiger partial charge >= 0.3 is 0 Å². The Hall–Kier alpha value is -3.52. The molecule has 4 rings (SSSR count). The van der Waals surface area contributed by atoms with Gasteiger partial charge in [-0.3, -0.25) is 24.1 Å². The van der Waals surface area contributed by atoms with E-state index in [0.29, 0.717) is 50.2 Å². The van der Waals surface area contributed by atoms with Crippen LogP contribution in [0.5, 0.6) is 0 Å². The Bertz CT molecular complexity index is 1030. The van der Waals surface area contributed by atoms with Gasteiger partial charge in [-0.15, -0.1) is 0 Å². The Morgan fingerprint density at radius 1 is 0.971 bits per heavy atom. The molecule has 2 aliphatic heterocycles. The lowest BCUT2D eigenvalue weighted by molar-refractivity contribution is -0.139. The SMILES string of the molecule is COCCNC(=O)C1CCN(C(=O)C(Cc2ccccc2)N2C(=O)c3ccccc3C2=O)CC1. The van der Waals surface area contributed by atoms with Crippen LogP contribution in [0.4, 0.5) is 0 Å². The number of rotatable bonds is 8. The third kappa shape index (κ3) is 4.87. The van der Waals surface area contributed by atoms with Crippen LogP contribution in [0.15, 0.2) is 54.6 Å². The number of carbonyl (C=O) groups is 4. The molecule has 178 valence electrons. The second-order valence-electron chi connectivity index (χ2n) is 8.61. The minimum absolute atomic E-state index is 0.0367. The third-order valence-corrected chi connectivity index (χ3v) is 6.48. The number of nitrogens with one attached hydrogen (secondary N) is 1. The van der Waals surface area contributed by atoms with Gasteiger partial charge in [0.15, 0.2) is 0 Å². The first kappa shape index (κ1) is 23.6. The zero-order valence-corrected chi connectivity index (χ0v) is 19.2. The maximum Gasteiger partial charge on any atom is 0.262 e. The van der Waals surface area contributed by atoms with Crippen LogP contribution >= 0.6 is 0 Å². The summed E-state index contributed by atoms with van der Waals surface area (Å²) in [5, 5.41) is 2.85. The van der Waals surface area contributed by atoms with Crippen molar-refractivity contribution in [2.75, 3.05) is 33.4 Å². The summed E-state index contributed by atoms with van der Waals surface area (Å²) in [7, 11) is 1.58. The predicted molar refractivity (Wildman–Crippen MR) is 125 cm³/mol. The van der Waals surface area contributed by atoms with Gasteiger partial charge in [0.1, 0.15) is 6.04 Å². The van der Waals surface area contributed by atoms with E-state index in [0.717, 1.165) is 10.5 Å². The van der Waals surface area contributed by atoms with Gasteiger partial charge in [0, 0.05) is 39.1 Å². The van der Waals surface area contributed by atoms with E-state index in [1.54, 1.807) is 36.3 Å². The van der Waals surface area contributed by atoms with Crippen molar-refractivity contribution in [1.29, 1.82) is 0 Å². The highest BCUT2D eigenvalue weighted by Crippen LogP contribution is 2.28. The number of hydrogen-bond acceptors (Lipinski definition) is 5. The first-order valence-corrected chi connectivity index (χ1v) is 11.6. The van der Waals surface area contributed by atoms with Crippen LogP contribution < -0.4 is 5.32 Å². The molecule has 2 aromatic rings. The number of ether oxygens (including phenoxy) is 1. The number of fused-ring (bicyclic) bond motifs is 1. The van der Waals surface area contributed by atoms with Crippen LogP contribution in [-0.4, -0.2) is 72.8 Å². The highest BCUT2D eigenvalue weighted by Gasteiger charge is 2.44. The van der Waals surface area contributed by atoms with Crippen molar-refractivity contribution in [2.24, 2.45) is 5.92 Å². The number of amides is 4. The molecule has 0 bridgehead atoms. The first-order valence-electron chi connectivity index (χ1n) is 11.6. The van der Waals surface area contributed by atoms with Gasteiger partial charge in [-0.1, -0.05) is 42.5 Å². The molecule has 1 fully saturated rings. The molecule has 8 heteroatoms. The van der Waals surface area contributed by atoms with E-state index >= 15 is 0 Å². The molecule has 1 N–H and O–H groups in total. The van der Waals surface area contributed by atoms with Crippen molar-refractivity contribution in [3.8, 4) is 0 Å². The van der Waals surface area contributed by atoms with Gasteiger partial charge in [0.2, 0.25) is 11.8 Å². The van der Waals surface area contributed by atoms with E-state index in [-0.39, 0.29) is 24.2 Å². The van der Waals surface area contributed by atoms with E-state index in [1.165, 1.54) is 0 Å². The van der Waals surface area contributed by atoms with Crippen LogP contribution in [0, 0.1) is 5.92 Å². The zero-order chi connectivity index (χ0) is 24.1. The fourth-order valence-electron chi connectivity index (χ4n) is 4.61. The summed E-state index contributed by atoms with van der Waals surface area (Å²) in [4.78, 5) is 55.2. The highest BCUT2D eigenvalue weighted by molar-refractivity contribution is 6.22. The smallest absolute Gasteiger partial charge is 0.262 e. The normalized spacial score (nSPS) is 17.0. The lowest BCUT2D eigenvalue weighted by atomic mass is 9.94. The van der Waals surface area contributed by atoms with E-state index < -0.39 is 17.9 Å². The number of methoxy groups -OCH3 is 1. The largest absolute Gasteiger partial charge is 0.383 e. The molecule has 0 saturated carbocycles. The summed E-state index contributed by atoms with van der Waals surface area (Å²) < 4.78 is 4.97. The number of benzene rings is 2. The molecule has 8 nitrogen and oxygen atoms in total. The van der Waals surface area contributed by atoms with Gasteiger partial charge in [-0.05, 0) is 30.5 Å². The molecule has 1 unspecified atom stereocenters. The van der Waals surface area contributed by atoms with Crippen molar-refractivity contribution in [2.45, 2.75) is 25.3 Å². The summed E-state index contributed by atoms with van der Waals surface area (Å²) in [6.45, 7) is 1.70. The highest BCUT2D eigenvalue weighted by atomic mass is 16.5. The minimum atomic E-state index is -0.943. The zero-order valence-electron chi connectivity index (χ0n) is 19.2. The van der Waals surface area contributed by atoms with Crippen molar-refractivity contribution in [3.63, 3.8) is 0 Å². The molecule has 0 aliphatic carbocycles. The lowest BCUT2D eigenvalue weighted by Gasteiger charge is -2.36. The molecule has 0 spiro atoms. The molecular formula is C26H29N3O5. The number of hydrogen-bond donors (Lipinski definition) is 1. The van der Waals surface area contributed by atoms with Crippen LogP contribution in [0.25, 0.3) is 0 Å². The van der Waals surface area contributed by atoms with Gasteiger partial charge < -0.3 is 15.0 Å². The third-order valence-electron chi connectivity index (χ3n) is 6.48. The average Bonchev–Trinajstić information content (AvgIpc) is 3.13. The summed E-state index contributed by atoms with van der Waals surface area (Å²) in [6, 6.07) is 15.1. The second kappa shape index (κ2) is 10.6. The monoisotopic (exact) mass is 463 g/mol. The maximum atomic E-state index is 13.7. The fourth-order valence-corrected chi connectivity index (χ4v) is 4.61. The van der Waals surface area contributed by atoms with Crippen LogP contribution in [0.1, 0.15) is 39.1 Å².